The fourth-order valence-corrected chi connectivity index (χ4v) is 2.27. The van der Waals surface area contributed by atoms with Crippen molar-refractivity contribution >= 4 is 0 Å². The Morgan fingerprint density at radius 3 is 2.38 bits per heavy atom. The molecule has 0 saturated carbocycles. The van der Waals surface area contributed by atoms with Crippen LogP contribution in [0.3, 0.4) is 0 Å². The van der Waals surface area contributed by atoms with Gasteiger partial charge in [0.1, 0.15) is 0 Å². The lowest BCUT2D eigenvalue weighted by atomic mass is 9.86. The maximum absolute atomic E-state index is 10.5. The first-order valence-corrected chi connectivity index (χ1v) is 6.68. The number of rotatable bonds is 1. The first-order chi connectivity index (χ1) is 7.65. The van der Waals surface area contributed by atoms with E-state index in [0.29, 0.717) is 0 Å². The van der Waals surface area contributed by atoms with Gasteiger partial charge < -0.3 is 5.11 Å². The van der Waals surface area contributed by atoms with E-state index in [1.165, 1.54) is 32.1 Å². The molecule has 1 aliphatic carbocycles. The van der Waals surface area contributed by atoms with Crippen LogP contribution >= 0.6 is 0 Å². The van der Waals surface area contributed by atoms with Crippen molar-refractivity contribution in [2.75, 3.05) is 0 Å². The van der Waals surface area contributed by atoms with Crippen molar-refractivity contribution < 1.29 is 5.11 Å². The monoisotopic (exact) mass is 222 g/mol. The highest BCUT2D eigenvalue weighted by Crippen LogP contribution is 2.27. The van der Waals surface area contributed by atoms with E-state index in [0.717, 1.165) is 31.3 Å². The summed E-state index contributed by atoms with van der Waals surface area (Å²) in [7, 11) is 0. The Kier molecular flexibility index (Phi) is 5.83. The van der Waals surface area contributed by atoms with Crippen molar-refractivity contribution in [3.8, 4) is 0 Å². The zero-order valence-electron chi connectivity index (χ0n) is 10.7. The molecule has 0 radical (unpaired) electrons. The molecule has 0 saturated heterocycles. The molecule has 0 heterocycles. The number of aliphatic hydroxyl groups is 1. The predicted octanol–water partition coefficient (Wildman–Crippen LogP) is 4.37. The van der Waals surface area contributed by atoms with Gasteiger partial charge in [-0.15, -0.1) is 0 Å². The normalized spacial score (nSPS) is 31.1. The van der Waals surface area contributed by atoms with Crippen LogP contribution in [0.2, 0.25) is 0 Å². The van der Waals surface area contributed by atoms with Crippen molar-refractivity contribution in [3.05, 3.63) is 24.3 Å². The maximum atomic E-state index is 10.5. The Hall–Kier alpha value is -0.560. The fourth-order valence-electron chi connectivity index (χ4n) is 2.27. The minimum atomic E-state index is -0.657. The molecule has 1 rings (SSSR count). The topological polar surface area (TPSA) is 20.2 Å². The third-order valence-electron chi connectivity index (χ3n) is 3.63. The van der Waals surface area contributed by atoms with E-state index < -0.39 is 5.60 Å². The number of allylic oxidation sites excluding steroid dienone is 1. The standard InChI is InChI=1S/C15H26O/c1-14(2)15(16)12-10-8-6-4-3-5-7-9-11-13-15/h8,10,16H,1,3-7,9,11-13H2,2H3/b10-8+. The molecule has 1 unspecified atom stereocenters. The van der Waals surface area contributed by atoms with E-state index in [4.69, 9.17) is 0 Å². The van der Waals surface area contributed by atoms with Crippen LogP contribution in [0.5, 0.6) is 0 Å². The van der Waals surface area contributed by atoms with Crippen LogP contribution in [0.4, 0.5) is 0 Å². The van der Waals surface area contributed by atoms with Gasteiger partial charge in [-0.3, -0.25) is 0 Å². The van der Waals surface area contributed by atoms with Crippen LogP contribution < -0.4 is 0 Å². The summed E-state index contributed by atoms with van der Waals surface area (Å²) < 4.78 is 0. The Balaban J connectivity index is 2.56. The van der Waals surface area contributed by atoms with Crippen LogP contribution in [0.1, 0.15) is 64.7 Å². The van der Waals surface area contributed by atoms with Crippen molar-refractivity contribution in [2.45, 2.75) is 70.3 Å². The second-order valence-electron chi connectivity index (χ2n) is 5.15. The molecule has 0 aromatic heterocycles. The molecule has 92 valence electrons. The summed E-state index contributed by atoms with van der Waals surface area (Å²) in [6.07, 6.45) is 14.8. The maximum Gasteiger partial charge on any atom is 0.0885 e. The molecule has 1 aliphatic rings. The molecule has 16 heavy (non-hydrogen) atoms. The van der Waals surface area contributed by atoms with Gasteiger partial charge >= 0.3 is 0 Å². The first-order valence-electron chi connectivity index (χ1n) is 6.68. The van der Waals surface area contributed by atoms with E-state index in [9.17, 15) is 5.11 Å². The second-order valence-corrected chi connectivity index (χ2v) is 5.15. The highest BCUT2D eigenvalue weighted by molar-refractivity contribution is 5.12. The minimum Gasteiger partial charge on any atom is -0.385 e. The summed E-state index contributed by atoms with van der Waals surface area (Å²) in [6, 6.07) is 0. The molecule has 0 bridgehead atoms. The minimum absolute atomic E-state index is 0.657. The van der Waals surface area contributed by atoms with Crippen LogP contribution in [0.25, 0.3) is 0 Å². The third-order valence-corrected chi connectivity index (χ3v) is 3.63. The SMILES string of the molecule is C=C(C)C1(O)C/C=C/CCCCCCCC1. The predicted molar refractivity (Wildman–Crippen MR) is 70.5 cm³/mol. The highest BCUT2D eigenvalue weighted by Gasteiger charge is 2.25. The molecule has 0 aromatic rings. The van der Waals surface area contributed by atoms with Gasteiger partial charge in [-0.1, -0.05) is 50.8 Å². The number of hydrogen-bond acceptors (Lipinski definition) is 1. The Morgan fingerprint density at radius 2 is 1.69 bits per heavy atom. The lowest BCUT2D eigenvalue weighted by Gasteiger charge is -2.28. The Bertz CT molecular complexity index is 242. The molecule has 0 amide bonds. The van der Waals surface area contributed by atoms with Gasteiger partial charge in [-0.05, 0) is 38.2 Å². The summed E-state index contributed by atoms with van der Waals surface area (Å²) in [4.78, 5) is 0. The molecule has 1 nitrogen and oxygen atoms in total. The molecule has 0 fully saturated rings. The van der Waals surface area contributed by atoms with Gasteiger partial charge in [0.15, 0.2) is 0 Å². The Labute approximate surface area is 100 Å². The fraction of sp³-hybridized carbons (Fsp3) is 0.733. The zero-order chi connectivity index (χ0) is 11.9. The molecular formula is C15H26O. The molecule has 1 atom stereocenters. The molecule has 0 spiro atoms. The van der Waals surface area contributed by atoms with Crippen LogP contribution in [0.15, 0.2) is 24.3 Å². The van der Waals surface area contributed by atoms with Crippen molar-refractivity contribution in [1.82, 2.24) is 0 Å². The van der Waals surface area contributed by atoms with Gasteiger partial charge in [-0.2, -0.15) is 0 Å². The summed E-state index contributed by atoms with van der Waals surface area (Å²) in [5.41, 5.74) is 0.254. The first kappa shape index (κ1) is 13.5. The summed E-state index contributed by atoms with van der Waals surface area (Å²) in [5.74, 6) is 0. The van der Waals surface area contributed by atoms with Gasteiger partial charge in [0.2, 0.25) is 0 Å². The smallest absolute Gasteiger partial charge is 0.0885 e. The van der Waals surface area contributed by atoms with Gasteiger partial charge in [-0.25, -0.2) is 0 Å². The number of hydrogen-bond donors (Lipinski definition) is 1. The van der Waals surface area contributed by atoms with Crippen molar-refractivity contribution in [1.29, 1.82) is 0 Å². The average Bonchev–Trinajstić information content (AvgIpc) is 2.23. The van der Waals surface area contributed by atoms with Gasteiger partial charge in [0, 0.05) is 0 Å². The van der Waals surface area contributed by atoms with Gasteiger partial charge in [0.25, 0.3) is 0 Å². The van der Waals surface area contributed by atoms with Gasteiger partial charge in [0.05, 0.1) is 5.60 Å². The molecule has 1 N–H and O–H groups in total. The summed E-state index contributed by atoms with van der Waals surface area (Å²) in [6.45, 7) is 5.88. The molecular weight excluding hydrogens is 196 g/mol. The third kappa shape index (κ3) is 4.52. The molecule has 0 aromatic carbocycles. The van der Waals surface area contributed by atoms with E-state index in [2.05, 4.69) is 18.7 Å². The largest absolute Gasteiger partial charge is 0.385 e. The molecule has 0 aliphatic heterocycles. The summed E-state index contributed by atoms with van der Waals surface area (Å²) >= 11 is 0. The average molecular weight is 222 g/mol. The van der Waals surface area contributed by atoms with E-state index >= 15 is 0 Å². The zero-order valence-corrected chi connectivity index (χ0v) is 10.7. The van der Waals surface area contributed by atoms with Crippen LogP contribution in [-0.2, 0) is 0 Å². The van der Waals surface area contributed by atoms with E-state index in [1.807, 2.05) is 6.92 Å². The Morgan fingerprint density at radius 1 is 1.06 bits per heavy atom. The highest BCUT2D eigenvalue weighted by atomic mass is 16.3. The second kappa shape index (κ2) is 6.90. The van der Waals surface area contributed by atoms with E-state index in [1.54, 1.807) is 0 Å². The molecule has 1 heteroatoms. The lowest BCUT2D eigenvalue weighted by molar-refractivity contribution is 0.0693. The van der Waals surface area contributed by atoms with Crippen LogP contribution in [0, 0.1) is 0 Å². The summed E-state index contributed by atoms with van der Waals surface area (Å²) in [5, 5.41) is 10.5. The van der Waals surface area contributed by atoms with Crippen molar-refractivity contribution in [2.24, 2.45) is 0 Å². The van der Waals surface area contributed by atoms with Crippen LogP contribution in [-0.4, -0.2) is 10.7 Å². The van der Waals surface area contributed by atoms with E-state index in [-0.39, 0.29) is 0 Å². The lowest BCUT2D eigenvalue weighted by Crippen LogP contribution is -2.29. The quantitative estimate of drug-likeness (QED) is 0.653. The van der Waals surface area contributed by atoms with Crippen molar-refractivity contribution in [3.63, 3.8) is 0 Å².